The first-order valence-corrected chi connectivity index (χ1v) is 7.81. The molecule has 0 aliphatic heterocycles. The smallest absolute Gasteiger partial charge is 0.330 e. The molecule has 24 heavy (non-hydrogen) atoms. The Bertz CT molecular complexity index is 805. The van der Waals surface area contributed by atoms with Crippen molar-refractivity contribution in [3.8, 4) is 0 Å². The number of aliphatic carboxylic acids is 1. The van der Waals surface area contributed by atoms with Crippen LogP contribution in [0.15, 0.2) is 22.7 Å². The van der Waals surface area contributed by atoms with Gasteiger partial charge in [0.15, 0.2) is 11.7 Å². The summed E-state index contributed by atoms with van der Waals surface area (Å²) >= 11 is 5.60. The molecule has 3 rings (SSSR count). The van der Waals surface area contributed by atoms with Crippen molar-refractivity contribution in [2.24, 2.45) is 0 Å². The zero-order valence-corrected chi connectivity index (χ0v) is 13.3. The predicted octanol–water partition coefficient (Wildman–Crippen LogP) is 2.90. The summed E-state index contributed by atoms with van der Waals surface area (Å²) in [7, 11) is 0. The molecule has 1 aromatic heterocycles. The van der Waals surface area contributed by atoms with Gasteiger partial charge < -0.3 is 14.9 Å². The first kappa shape index (κ1) is 16.4. The highest BCUT2D eigenvalue weighted by Gasteiger charge is 2.28. The van der Waals surface area contributed by atoms with Gasteiger partial charge in [-0.2, -0.15) is 0 Å². The van der Waals surface area contributed by atoms with E-state index in [2.05, 4.69) is 10.5 Å². The van der Waals surface area contributed by atoms with E-state index < -0.39 is 23.7 Å². The van der Waals surface area contributed by atoms with Crippen molar-refractivity contribution >= 4 is 23.5 Å². The highest BCUT2D eigenvalue weighted by atomic mass is 35.5. The van der Waals surface area contributed by atoms with Gasteiger partial charge in [0.05, 0.1) is 5.02 Å². The van der Waals surface area contributed by atoms with Crippen LogP contribution in [0, 0.1) is 5.82 Å². The van der Waals surface area contributed by atoms with E-state index in [9.17, 15) is 19.1 Å². The third-order valence-corrected chi connectivity index (χ3v) is 4.27. The molecule has 0 bridgehead atoms. The molecule has 2 N–H and O–H groups in total. The summed E-state index contributed by atoms with van der Waals surface area (Å²) < 4.78 is 18.7. The van der Waals surface area contributed by atoms with Gasteiger partial charge in [0.2, 0.25) is 0 Å². The molecule has 0 fully saturated rings. The molecule has 126 valence electrons. The molecule has 1 aromatic carbocycles. The van der Waals surface area contributed by atoms with E-state index >= 15 is 0 Å². The first-order chi connectivity index (χ1) is 11.5. The molecule has 0 saturated carbocycles. The summed E-state index contributed by atoms with van der Waals surface area (Å²) in [5.74, 6) is -2.07. The number of aromatic nitrogens is 1. The molecule has 0 saturated heterocycles. The van der Waals surface area contributed by atoms with Crippen LogP contribution >= 0.6 is 11.6 Å². The number of amides is 1. The van der Waals surface area contributed by atoms with Gasteiger partial charge in [0.25, 0.3) is 5.91 Å². The van der Waals surface area contributed by atoms with Crippen LogP contribution in [-0.2, 0) is 17.6 Å². The maximum Gasteiger partial charge on any atom is 0.330 e. The van der Waals surface area contributed by atoms with E-state index in [1.807, 2.05) is 0 Å². The molecule has 6 nitrogen and oxygen atoms in total. The number of halogens is 2. The lowest BCUT2D eigenvalue weighted by Gasteiger charge is -2.15. The van der Waals surface area contributed by atoms with Crippen LogP contribution in [0.25, 0.3) is 0 Å². The van der Waals surface area contributed by atoms with Gasteiger partial charge in [-0.3, -0.25) is 4.79 Å². The standard InChI is InChI=1S/C16H14ClFN2O4/c17-10-6-5-8(7-11(10)18)13(16(22)23)19-15(21)14-9-3-1-2-4-12(9)24-20-14/h5-7,13H,1-4H2,(H,19,21)(H,22,23). The highest BCUT2D eigenvalue weighted by Crippen LogP contribution is 2.25. The first-order valence-electron chi connectivity index (χ1n) is 7.43. The minimum absolute atomic E-state index is 0.0788. The minimum atomic E-state index is -1.42. The van der Waals surface area contributed by atoms with Gasteiger partial charge >= 0.3 is 5.97 Å². The summed E-state index contributed by atoms with van der Waals surface area (Å²) in [5.41, 5.74) is 0.880. The van der Waals surface area contributed by atoms with Crippen LogP contribution in [0.2, 0.25) is 5.02 Å². The number of carbonyl (C=O) groups is 2. The van der Waals surface area contributed by atoms with Gasteiger partial charge in [-0.05, 0) is 37.0 Å². The molecule has 1 heterocycles. The van der Waals surface area contributed by atoms with Crippen LogP contribution in [-0.4, -0.2) is 22.1 Å². The topological polar surface area (TPSA) is 92.4 Å². The Kier molecular flexibility index (Phi) is 4.53. The molecular weight excluding hydrogens is 339 g/mol. The fourth-order valence-electron chi connectivity index (χ4n) is 2.74. The van der Waals surface area contributed by atoms with Crippen molar-refractivity contribution in [3.05, 3.63) is 51.6 Å². The van der Waals surface area contributed by atoms with E-state index in [0.717, 1.165) is 18.9 Å². The molecule has 1 unspecified atom stereocenters. The Morgan fingerprint density at radius 1 is 1.33 bits per heavy atom. The molecule has 1 aliphatic carbocycles. The number of benzene rings is 1. The fraction of sp³-hybridized carbons (Fsp3) is 0.312. The fourth-order valence-corrected chi connectivity index (χ4v) is 2.86. The SMILES string of the molecule is O=C(NC(C(=O)O)c1ccc(Cl)c(F)c1)c1noc2c1CCCC2. The Hall–Kier alpha value is -2.41. The van der Waals surface area contributed by atoms with Crippen LogP contribution in [0.5, 0.6) is 0 Å². The third-order valence-electron chi connectivity index (χ3n) is 3.96. The van der Waals surface area contributed by atoms with E-state index in [0.29, 0.717) is 24.2 Å². The van der Waals surface area contributed by atoms with Gasteiger partial charge in [-0.1, -0.05) is 22.8 Å². The third kappa shape index (κ3) is 3.12. The zero-order valence-electron chi connectivity index (χ0n) is 12.5. The van der Waals surface area contributed by atoms with Crippen molar-refractivity contribution in [2.75, 3.05) is 0 Å². The van der Waals surface area contributed by atoms with E-state index in [-0.39, 0.29) is 16.3 Å². The number of carboxylic acid groups (broad SMARTS) is 1. The lowest BCUT2D eigenvalue weighted by atomic mass is 9.96. The molecule has 8 heteroatoms. The van der Waals surface area contributed by atoms with E-state index in [4.69, 9.17) is 16.1 Å². The molecule has 0 spiro atoms. The maximum atomic E-state index is 13.6. The molecule has 2 aromatic rings. The molecule has 1 atom stereocenters. The second-order valence-corrected chi connectivity index (χ2v) is 5.97. The number of aryl methyl sites for hydroxylation is 1. The quantitative estimate of drug-likeness (QED) is 0.882. The monoisotopic (exact) mass is 352 g/mol. The number of carbonyl (C=O) groups excluding carboxylic acids is 1. The van der Waals surface area contributed by atoms with E-state index in [1.54, 1.807) is 0 Å². The van der Waals surface area contributed by atoms with Crippen molar-refractivity contribution < 1.29 is 23.6 Å². The largest absolute Gasteiger partial charge is 0.479 e. The summed E-state index contributed by atoms with van der Waals surface area (Å²) in [6.07, 6.45) is 3.25. The number of hydrogen-bond acceptors (Lipinski definition) is 4. The average molecular weight is 353 g/mol. The number of fused-ring (bicyclic) bond motifs is 1. The maximum absolute atomic E-state index is 13.6. The summed E-state index contributed by atoms with van der Waals surface area (Å²) in [6.45, 7) is 0. The highest BCUT2D eigenvalue weighted by molar-refractivity contribution is 6.30. The summed E-state index contributed by atoms with van der Waals surface area (Å²) in [4.78, 5) is 23.9. The van der Waals surface area contributed by atoms with Crippen LogP contribution in [0.1, 0.15) is 46.3 Å². The number of carboxylic acids is 1. The van der Waals surface area contributed by atoms with Crippen LogP contribution in [0.4, 0.5) is 4.39 Å². The van der Waals surface area contributed by atoms with Crippen molar-refractivity contribution in [2.45, 2.75) is 31.7 Å². The number of nitrogens with zero attached hydrogens (tertiary/aromatic N) is 1. The minimum Gasteiger partial charge on any atom is -0.479 e. The predicted molar refractivity (Wildman–Crippen MR) is 82.4 cm³/mol. The zero-order chi connectivity index (χ0) is 17.3. The normalized spacial score (nSPS) is 14.8. The Labute approximate surface area is 141 Å². The van der Waals surface area contributed by atoms with Crippen molar-refractivity contribution in [1.82, 2.24) is 10.5 Å². The number of nitrogens with one attached hydrogen (secondary N) is 1. The number of hydrogen-bond donors (Lipinski definition) is 2. The van der Waals surface area contributed by atoms with Crippen LogP contribution in [0.3, 0.4) is 0 Å². The van der Waals surface area contributed by atoms with Crippen molar-refractivity contribution in [3.63, 3.8) is 0 Å². The van der Waals surface area contributed by atoms with Gasteiger partial charge in [-0.25, -0.2) is 9.18 Å². The van der Waals surface area contributed by atoms with E-state index in [1.165, 1.54) is 12.1 Å². The average Bonchev–Trinajstić information content (AvgIpc) is 2.99. The van der Waals surface area contributed by atoms with Gasteiger partial charge in [0, 0.05) is 12.0 Å². The second kappa shape index (κ2) is 6.60. The molecule has 1 aliphatic rings. The molecule has 1 amide bonds. The lowest BCUT2D eigenvalue weighted by Crippen LogP contribution is -2.34. The van der Waals surface area contributed by atoms with Crippen molar-refractivity contribution in [1.29, 1.82) is 0 Å². The second-order valence-electron chi connectivity index (χ2n) is 5.56. The molecular formula is C16H14ClFN2O4. The van der Waals surface area contributed by atoms with Gasteiger partial charge in [-0.15, -0.1) is 0 Å². The van der Waals surface area contributed by atoms with Gasteiger partial charge in [0.1, 0.15) is 11.6 Å². The Morgan fingerprint density at radius 2 is 2.08 bits per heavy atom. The Morgan fingerprint density at radius 3 is 2.79 bits per heavy atom. The molecule has 0 radical (unpaired) electrons. The van der Waals surface area contributed by atoms with Crippen LogP contribution < -0.4 is 5.32 Å². The lowest BCUT2D eigenvalue weighted by molar-refractivity contribution is -0.139. The summed E-state index contributed by atoms with van der Waals surface area (Å²) in [6, 6.07) is 2.16. The Balaban J connectivity index is 1.86. The summed E-state index contributed by atoms with van der Waals surface area (Å²) in [5, 5.41) is 15.4. The number of rotatable bonds is 4.